The first-order chi connectivity index (χ1) is 5.54. The number of carbonyl (C=O) groups is 1. The topological polar surface area (TPSA) is 35.5 Å². The average molecular weight is 188 g/mol. The molecule has 3 nitrogen and oxygen atoms in total. The highest BCUT2D eigenvalue weighted by molar-refractivity contribution is 6.48. The second-order valence-electron chi connectivity index (χ2n) is 2.84. The van der Waals surface area contributed by atoms with Crippen LogP contribution in [-0.4, -0.2) is 28.2 Å². The summed E-state index contributed by atoms with van der Waals surface area (Å²) in [6, 6.07) is 0. The maximum atomic E-state index is 10.8. The summed E-state index contributed by atoms with van der Waals surface area (Å²) >= 11 is 0. The van der Waals surface area contributed by atoms with Crippen molar-refractivity contribution >= 4 is 15.0 Å². The van der Waals surface area contributed by atoms with Crippen LogP contribution in [-0.2, 0) is 14.0 Å². The van der Waals surface area contributed by atoms with Gasteiger partial charge in [0.1, 0.15) is 6.61 Å². The quantitative estimate of drug-likeness (QED) is 0.280. The summed E-state index contributed by atoms with van der Waals surface area (Å²) in [5.41, 5.74) is 0.428. The Morgan fingerprint density at radius 2 is 2.00 bits per heavy atom. The number of esters is 1. The highest BCUT2D eigenvalue weighted by Gasteiger charge is 2.02. The molecule has 0 fully saturated rings. The van der Waals surface area contributed by atoms with E-state index in [1.807, 2.05) is 0 Å². The Bertz CT molecular complexity index is 166. The maximum absolute atomic E-state index is 10.8. The molecule has 0 aliphatic carbocycles. The average Bonchev–Trinajstić information content (AvgIpc) is 1.97. The van der Waals surface area contributed by atoms with E-state index in [0.29, 0.717) is 18.8 Å². The predicted molar refractivity (Wildman–Crippen MR) is 50.6 cm³/mol. The molecule has 0 N–H and O–H groups in total. The van der Waals surface area contributed by atoms with Gasteiger partial charge in [-0.1, -0.05) is 6.58 Å². The van der Waals surface area contributed by atoms with Crippen molar-refractivity contribution in [1.82, 2.24) is 0 Å². The van der Waals surface area contributed by atoms with E-state index in [4.69, 9.17) is 9.16 Å². The molecule has 70 valence electrons. The fraction of sp³-hybridized carbons (Fsp3) is 0.625. The molecule has 0 heterocycles. The van der Waals surface area contributed by atoms with Crippen LogP contribution in [0.1, 0.15) is 6.92 Å². The van der Waals surface area contributed by atoms with Crippen molar-refractivity contribution in [2.45, 2.75) is 20.0 Å². The Morgan fingerprint density at radius 3 is 2.42 bits per heavy atom. The van der Waals surface area contributed by atoms with Crippen LogP contribution in [0.2, 0.25) is 13.1 Å². The summed E-state index contributed by atoms with van der Waals surface area (Å²) in [6.07, 6.45) is 0. The number of ether oxygens (including phenoxy) is 1. The predicted octanol–water partition coefficient (Wildman–Crippen LogP) is 1.11. The minimum atomic E-state index is -0.972. The smallest absolute Gasteiger partial charge is 0.333 e. The maximum Gasteiger partial charge on any atom is 0.333 e. The normalized spacial score (nSPS) is 10.0. The first kappa shape index (κ1) is 11.4. The van der Waals surface area contributed by atoms with Gasteiger partial charge in [-0.25, -0.2) is 4.79 Å². The molecule has 0 bridgehead atoms. The Labute approximate surface area is 75.1 Å². The van der Waals surface area contributed by atoms with Crippen LogP contribution in [0.3, 0.4) is 0 Å². The summed E-state index contributed by atoms with van der Waals surface area (Å²) in [7, 11) is -0.972. The molecule has 0 aliphatic heterocycles. The molecule has 0 aromatic rings. The van der Waals surface area contributed by atoms with Gasteiger partial charge in [0.25, 0.3) is 0 Å². The SMILES string of the molecule is C=C(C)C(=O)OCCO[SiH](C)C. The van der Waals surface area contributed by atoms with E-state index in [1.165, 1.54) is 0 Å². The monoisotopic (exact) mass is 188 g/mol. The molecular formula is C8H16O3Si. The summed E-state index contributed by atoms with van der Waals surface area (Å²) in [6.45, 7) is 10.1. The summed E-state index contributed by atoms with van der Waals surface area (Å²) in [5, 5.41) is 0. The molecule has 0 amide bonds. The minimum Gasteiger partial charge on any atom is -0.460 e. The Balaban J connectivity index is 3.32. The van der Waals surface area contributed by atoms with Gasteiger partial charge in [-0.2, -0.15) is 0 Å². The molecule has 4 heteroatoms. The van der Waals surface area contributed by atoms with E-state index in [2.05, 4.69) is 19.7 Å². The molecule has 0 rings (SSSR count). The van der Waals surface area contributed by atoms with Gasteiger partial charge in [0.2, 0.25) is 0 Å². The van der Waals surface area contributed by atoms with Gasteiger partial charge in [-0.3, -0.25) is 0 Å². The van der Waals surface area contributed by atoms with E-state index < -0.39 is 9.04 Å². The van der Waals surface area contributed by atoms with Crippen molar-refractivity contribution in [3.63, 3.8) is 0 Å². The fourth-order valence-electron chi connectivity index (χ4n) is 0.541. The van der Waals surface area contributed by atoms with Gasteiger partial charge in [0.15, 0.2) is 9.04 Å². The molecule has 0 aromatic heterocycles. The minimum absolute atomic E-state index is 0.330. The summed E-state index contributed by atoms with van der Waals surface area (Å²) in [4.78, 5) is 10.8. The number of hydrogen-bond donors (Lipinski definition) is 0. The van der Waals surface area contributed by atoms with E-state index in [0.717, 1.165) is 0 Å². The van der Waals surface area contributed by atoms with Crippen molar-refractivity contribution in [3.8, 4) is 0 Å². The lowest BCUT2D eigenvalue weighted by atomic mass is 10.4. The lowest BCUT2D eigenvalue weighted by Gasteiger charge is -2.07. The van der Waals surface area contributed by atoms with Crippen LogP contribution in [0.15, 0.2) is 12.2 Å². The standard InChI is InChI=1S/C8H16O3Si/c1-7(2)8(9)10-5-6-11-12(3)4/h12H,1,5-6H2,2-4H3. The lowest BCUT2D eigenvalue weighted by molar-refractivity contribution is -0.139. The third-order valence-electron chi connectivity index (χ3n) is 1.12. The fourth-order valence-corrected chi connectivity index (χ4v) is 1.11. The van der Waals surface area contributed by atoms with Gasteiger partial charge in [-0.15, -0.1) is 0 Å². The molecule has 0 aliphatic rings. The second kappa shape index (κ2) is 5.96. The molecule has 0 atom stereocenters. The van der Waals surface area contributed by atoms with Crippen molar-refractivity contribution in [1.29, 1.82) is 0 Å². The number of hydrogen-bond acceptors (Lipinski definition) is 3. The van der Waals surface area contributed by atoms with E-state index in [1.54, 1.807) is 6.92 Å². The van der Waals surface area contributed by atoms with Gasteiger partial charge >= 0.3 is 5.97 Å². The molecule has 0 aromatic carbocycles. The van der Waals surface area contributed by atoms with E-state index in [9.17, 15) is 4.79 Å². The van der Waals surface area contributed by atoms with Crippen LogP contribution < -0.4 is 0 Å². The van der Waals surface area contributed by atoms with E-state index in [-0.39, 0.29) is 5.97 Å². The number of rotatable bonds is 5. The Hall–Kier alpha value is -0.613. The molecule has 12 heavy (non-hydrogen) atoms. The highest BCUT2D eigenvalue weighted by Crippen LogP contribution is 1.92. The lowest BCUT2D eigenvalue weighted by Crippen LogP contribution is -2.15. The van der Waals surface area contributed by atoms with Crippen LogP contribution in [0.4, 0.5) is 0 Å². The zero-order valence-electron chi connectivity index (χ0n) is 7.92. The number of carbonyl (C=O) groups excluding carboxylic acids is 1. The largest absolute Gasteiger partial charge is 0.460 e. The van der Waals surface area contributed by atoms with Crippen molar-refractivity contribution < 1.29 is 14.0 Å². The van der Waals surface area contributed by atoms with Crippen LogP contribution >= 0.6 is 0 Å². The zero-order valence-corrected chi connectivity index (χ0v) is 9.08. The van der Waals surface area contributed by atoms with Gasteiger partial charge in [0.05, 0.1) is 6.61 Å². The van der Waals surface area contributed by atoms with Gasteiger partial charge in [0, 0.05) is 5.57 Å². The first-order valence-corrected chi connectivity index (χ1v) is 6.76. The first-order valence-electron chi connectivity index (χ1n) is 3.98. The Kier molecular flexibility index (Phi) is 5.66. The Morgan fingerprint density at radius 1 is 1.42 bits per heavy atom. The summed E-state index contributed by atoms with van der Waals surface area (Å²) < 4.78 is 10.1. The zero-order chi connectivity index (χ0) is 9.56. The van der Waals surface area contributed by atoms with Gasteiger partial charge < -0.3 is 9.16 Å². The molecular weight excluding hydrogens is 172 g/mol. The molecule has 0 unspecified atom stereocenters. The van der Waals surface area contributed by atoms with Crippen molar-refractivity contribution in [2.75, 3.05) is 13.2 Å². The molecule has 0 spiro atoms. The van der Waals surface area contributed by atoms with Crippen LogP contribution in [0.25, 0.3) is 0 Å². The summed E-state index contributed by atoms with van der Waals surface area (Å²) in [5.74, 6) is -0.343. The molecule has 0 radical (unpaired) electrons. The molecule has 0 saturated heterocycles. The second-order valence-corrected chi connectivity index (χ2v) is 5.27. The van der Waals surface area contributed by atoms with E-state index >= 15 is 0 Å². The molecule has 0 saturated carbocycles. The third kappa shape index (κ3) is 6.12. The van der Waals surface area contributed by atoms with Crippen molar-refractivity contribution in [3.05, 3.63) is 12.2 Å². The third-order valence-corrected chi connectivity index (χ3v) is 2.02. The van der Waals surface area contributed by atoms with Crippen LogP contribution in [0.5, 0.6) is 0 Å². The van der Waals surface area contributed by atoms with Crippen molar-refractivity contribution in [2.24, 2.45) is 0 Å². The van der Waals surface area contributed by atoms with Crippen LogP contribution in [0, 0.1) is 0 Å². The van der Waals surface area contributed by atoms with Gasteiger partial charge in [-0.05, 0) is 20.0 Å². The highest BCUT2D eigenvalue weighted by atomic mass is 28.3.